The predicted molar refractivity (Wildman–Crippen MR) is 131 cm³/mol. The summed E-state index contributed by atoms with van der Waals surface area (Å²) in [7, 11) is -3.55. The van der Waals surface area contributed by atoms with Crippen molar-refractivity contribution < 1.29 is 17.7 Å². The summed E-state index contributed by atoms with van der Waals surface area (Å²) in [6.07, 6.45) is 5.73. The predicted octanol–water partition coefficient (Wildman–Crippen LogP) is 3.47. The number of piperazine rings is 1. The highest BCUT2D eigenvalue weighted by Crippen LogP contribution is 2.26. The fraction of sp³-hybridized carbons (Fsp3) is 0.423. The Balaban J connectivity index is 1.11. The molecule has 35 heavy (non-hydrogen) atoms. The van der Waals surface area contributed by atoms with Gasteiger partial charge in [0.2, 0.25) is 27.6 Å². The molecule has 0 N–H and O–H groups in total. The molecule has 0 saturated carbocycles. The molecular weight excluding hydrogens is 464 g/mol. The number of fused-ring (bicyclic) bond motifs is 1. The lowest BCUT2D eigenvalue weighted by atomic mass is 9.92. The van der Waals surface area contributed by atoms with Crippen molar-refractivity contribution in [2.45, 2.75) is 49.8 Å². The van der Waals surface area contributed by atoms with E-state index in [4.69, 9.17) is 4.52 Å². The third-order valence-corrected chi connectivity index (χ3v) is 8.73. The van der Waals surface area contributed by atoms with Crippen molar-refractivity contribution in [3.05, 3.63) is 65.5 Å². The third kappa shape index (κ3) is 5.31. The van der Waals surface area contributed by atoms with Crippen LogP contribution in [0, 0.1) is 0 Å². The zero-order chi connectivity index (χ0) is 24.3. The first kappa shape index (κ1) is 23.7. The van der Waals surface area contributed by atoms with Crippen molar-refractivity contribution in [1.29, 1.82) is 0 Å². The maximum Gasteiger partial charge on any atom is 0.243 e. The molecule has 1 aliphatic heterocycles. The first-order valence-corrected chi connectivity index (χ1v) is 13.7. The number of amides is 1. The van der Waals surface area contributed by atoms with Crippen molar-refractivity contribution in [1.82, 2.24) is 19.3 Å². The monoisotopic (exact) mass is 494 g/mol. The number of aromatic nitrogens is 2. The van der Waals surface area contributed by atoms with E-state index in [-0.39, 0.29) is 5.91 Å². The second-order valence-electron chi connectivity index (χ2n) is 9.15. The summed E-state index contributed by atoms with van der Waals surface area (Å²) in [4.78, 5) is 19.2. The van der Waals surface area contributed by atoms with Crippen LogP contribution in [0.25, 0.3) is 11.4 Å². The van der Waals surface area contributed by atoms with E-state index < -0.39 is 10.0 Å². The van der Waals surface area contributed by atoms with Crippen LogP contribution in [-0.4, -0.2) is 59.8 Å². The van der Waals surface area contributed by atoms with Gasteiger partial charge in [0.25, 0.3) is 0 Å². The molecule has 1 saturated heterocycles. The van der Waals surface area contributed by atoms with Gasteiger partial charge in [0.15, 0.2) is 0 Å². The standard InChI is InChI=1S/C26H30N4O4S/c31-25(12-6-11-24-27-26(28-34-24)21-8-2-1-3-9-21)29-15-17-30(18-16-29)35(32,33)23-14-13-20-7-4-5-10-22(20)19-23/h1-3,8-9,13-14,19H,4-7,10-12,15-18H2. The fourth-order valence-corrected chi connectivity index (χ4v) is 6.28. The van der Waals surface area contributed by atoms with Crippen LogP contribution in [0.1, 0.15) is 42.7 Å². The summed E-state index contributed by atoms with van der Waals surface area (Å²) in [6, 6.07) is 15.2. The number of hydrogen-bond donors (Lipinski definition) is 0. The van der Waals surface area contributed by atoms with Gasteiger partial charge in [-0.2, -0.15) is 9.29 Å². The molecule has 2 aromatic carbocycles. The first-order valence-electron chi connectivity index (χ1n) is 12.3. The lowest BCUT2D eigenvalue weighted by molar-refractivity contribution is -0.132. The van der Waals surface area contributed by atoms with Gasteiger partial charge in [0.05, 0.1) is 4.90 Å². The van der Waals surface area contributed by atoms with Gasteiger partial charge in [0.1, 0.15) is 0 Å². The smallest absolute Gasteiger partial charge is 0.243 e. The molecule has 0 unspecified atom stereocenters. The molecule has 5 rings (SSSR count). The van der Waals surface area contributed by atoms with Gasteiger partial charge in [-0.15, -0.1) is 0 Å². The quantitative estimate of drug-likeness (QED) is 0.499. The van der Waals surface area contributed by atoms with Crippen LogP contribution in [0.3, 0.4) is 0 Å². The molecular formula is C26H30N4O4S. The number of aryl methyl sites for hydroxylation is 3. The molecule has 1 amide bonds. The van der Waals surface area contributed by atoms with Crippen molar-refractivity contribution in [3.8, 4) is 11.4 Å². The number of carbonyl (C=O) groups is 1. The lowest BCUT2D eigenvalue weighted by Crippen LogP contribution is -2.50. The minimum atomic E-state index is -3.55. The number of carbonyl (C=O) groups excluding carboxylic acids is 1. The van der Waals surface area contributed by atoms with Gasteiger partial charge in [-0.05, 0) is 55.4 Å². The summed E-state index contributed by atoms with van der Waals surface area (Å²) in [5, 5.41) is 4.01. The van der Waals surface area contributed by atoms with Gasteiger partial charge in [-0.3, -0.25) is 4.79 Å². The molecule has 1 aliphatic carbocycles. The second kappa shape index (κ2) is 10.3. The van der Waals surface area contributed by atoms with Gasteiger partial charge >= 0.3 is 0 Å². The summed E-state index contributed by atoms with van der Waals surface area (Å²) in [5.74, 6) is 1.08. The summed E-state index contributed by atoms with van der Waals surface area (Å²) >= 11 is 0. The highest BCUT2D eigenvalue weighted by Gasteiger charge is 2.30. The van der Waals surface area contributed by atoms with Gasteiger partial charge in [-0.25, -0.2) is 8.42 Å². The second-order valence-corrected chi connectivity index (χ2v) is 11.1. The highest BCUT2D eigenvalue weighted by atomic mass is 32.2. The first-order chi connectivity index (χ1) is 17.0. The van der Waals surface area contributed by atoms with Crippen LogP contribution in [-0.2, 0) is 34.1 Å². The average molecular weight is 495 g/mol. The summed E-state index contributed by atoms with van der Waals surface area (Å²) < 4.78 is 33.2. The maximum atomic E-state index is 13.2. The molecule has 0 spiro atoms. The molecule has 2 heterocycles. The van der Waals surface area contributed by atoms with Crippen LogP contribution in [0.4, 0.5) is 0 Å². The fourth-order valence-electron chi connectivity index (χ4n) is 4.81. The van der Waals surface area contributed by atoms with Crippen molar-refractivity contribution in [3.63, 3.8) is 0 Å². The van der Waals surface area contributed by atoms with E-state index in [0.717, 1.165) is 30.4 Å². The van der Waals surface area contributed by atoms with Crippen LogP contribution >= 0.6 is 0 Å². The maximum absolute atomic E-state index is 13.2. The van der Waals surface area contributed by atoms with Crippen molar-refractivity contribution in [2.24, 2.45) is 0 Å². The Morgan fingerprint density at radius 3 is 2.46 bits per heavy atom. The average Bonchev–Trinajstić information content (AvgIpc) is 3.38. The number of hydrogen-bond acceptors (Lipinski definition) is 6. The van der Waals surface area contributed by atoms with Crippen molar-refractivity contribution in [2.75, 3.05) is 26.2 Å². The molecule has 1 aromatic heterocycles. The van der Waals surface area contributed by atoms with Crippen LogP contribution in [0.15, 0.2) is 57.9 Å². The minimum absolute atomic E-state index is 0.0265. The van der Waals surface area contributed by atoms with E-state index in [9.17, 15) is 13.2 Å². The lowest BCUT2D eigenvalue weighted by Gasteiger charge is -2.34. The van der Waals surface area contributed by atoms with E-state index >= 15 is 0 Å². The summed E-state index contributed by atoms with van der Waals surface area (Å²) in [6.45, 7) is 1.44. The Morgan fingerprint density at radius 2 is 1.69 bits per heavy atom. The van der Waals surface area contributed by atoms with E-state index in [1.165, 1.54) is 16.3 Å². The van der Waals surface area contributed by atoms with Gasteiger partial charge in [0, 0.05) is 44.6 Å². The number of nitrogens with zero attached hydrogens (tertiary/aromatic N) is 4. The molecule has 9 heteroatoms. The Labute approximate surface area is 206 Å². The molecule has 0 atom stereocenters. The molecule has 2 aliphatic rings. The number of rotatable bonds is 7. The Bertz CT molecular complexity index is 1280. The SMILES string of the molecule is O=C(CCCc1nc(-c2ccccc2)no1)N1CCN(S(=O)(=O)c2ccc3c(c2)CCCC3)CC1. The van der Waals surface area contributed by atoms with E-state index in [1.54, 1.807) is 11.0 Å². The number of sulfonamides is 1. The van der Waals surface area contributed by atoms with E-state index in [2.05, 4.69) is 10.1 Å². The zero-order valence-electron chi connectivity index (χ0n) is 19.7. The largest absolute Gasteiger partial charge is 0.340 e. The zero-order valence-corrected chi connectivity index (χ0v) is 20.5. The van der Waals surface area contributed by atoms with Crippen LogP contribution in [0.2, 0.25) is 0 Å². The molecule has 1 fully saturated rings. The topological polar surface area (TPSA) is 96.6 Å². The van der Waals surface area contributed by atoms with Crippen LogP contribution < -0.4 is 0 Å². The van der Waals surface area contributed by atoms with Crippen molar-refractivity contribution >= 4 is 15.9 Å². The Morgan fingerprint density at radius 1 is 0.943 bits per heavy atom. The van der Waals surface area contributed by atoms with Crippen LogP contribution in [0.5, 0.6) is 0 Å². The van der Waals surface area contributed by atoms with E-state index in [1.807, 2.05) is 42.5 Å². The minimum Gasteiger partial charge on any atom is -0.340 e. The Kier molecular flexibility index (Phi) is 6.97. The van der Waals surface area contributed by atoms with Gasteiger partial charge < -0.3 is 9.42 Å². The normalized spacial score (nSPS) is 16.7. The molecule has 0 radical (unpaired) electrons. The third-order valence-electron chi connectivity index (χ3n) is 6.83. The van der Waals surface area contributed by atoms with Gasteiger partial charge in [-0.1, -0.05) is 41.6 Å². The molecule has 8 nitrogen and oxygen atoms in total. The Hall–Kier alpha value is -3.04. The molecule has 3 aromatic rings. The number of benzene rings is 2. The highest BCUT2D eigenvalue weighted by molar-refractivity contribution is 7.89. The molecule has 184 valence electrons. The van der Waals surface area contributed by atoms with E-state index in [0.29, 0.717) is 62.1 Å². The molecule has 0 bridgehead atoms. The summed E-state index contributed by atoms with van der Waals surface area (Å²) in [5.41, 5.74) is 3.31.